The van der Waals surface area contributed by atoms with Crippen molar-refractivity contribution in [3.05, 3.63) is 163 Å². The highest BCUT2D eigenvalue weighted by molar-refractivity contribution is 6.31. The van der Waals surface area contributed by atoms with Gasteiger partial charge in [-0.3, -0.25) is 4.57 Å². The van der Waals surface area contributed by atoms with Crippen LogP contribution in [0.2, 0.25) is 0 Å². The Kier molecular flexibility index (Phi) is 5.58. The molecule has 0 saturated carbocycles. The van der Waals surface area contributed by atoms with Crippen molar-refractivity contribution in [2.75, 3.05) is 0 Å². The molecule has 0 saturated heterocycles. The minimum absolute atomic E-state index is 0.716. The Morgan fingerprint density at radius 3 is 2.17 bits per heavy atom. The maximum atomic E-state index is 5.52. The highest BCUT2D eigenvalue weighted by Gasteiger charge is 2.28. The molecule has 52 heavy (non-hydrogen) atoms. The second-order valence-corrected chi connectivity index (χ2v) is 14.1. The van der Waals surface area contributed by atoms with Crippen molar-refractivity contribution in [3.63, 3.8) is 0 Å². The smallest absolute Gasteiger partial charge is 0.162 e. The molecule has 11 aromatic rings. The summed E-state index contributed by atoms with van der Waals surface area (Å²) < 4.78 is 5.04. The molecule has 0 unspecified atom stereocenters. The first kappa shape index (κ1) is 28.0. The summed E-state index contributed by atoms with van der Waals surface area (Å²) >= 11 is 0. The Balaban J connectivity index is 1.25. The molecule has 0 radical (unpaired) electrons. The van der Waals surface area contributed by atoms with Gasteiger partial charge in [0, 0.05) is 54.5 Å². The number of benzene rings is 7. The van der Waals surface area contributed by atoms with Crippen molar-refractivity contribution in [3.8, 4) is 28.3 Å². The number of allylic oxidation sites excluding steroid dienone is 1. The van der Waals surface area contributed by atoms with Crippen LogP contribution in [-0.2, 0) is 6.42 Å². The maximum Gasteiger partial charge on any atom is 0.162 e. The van der Waals surface area contributed by atoms with Gasteiger partial charge < -0.3 is 4.40 Å². The Morgan fingerprint density at radius 2 is 1.25 bits per heavy atom. The molecule has 0 aliphatic heterocycles. The van der Waals surface area contributed by atoms with Crippen LogP contribution in [0.1, 0.15) is 17.7 Å². The number of rotatable bonds is 3. The first-order valence-electron chi connectivity index (χ1n) is 18.1. The van der Waals surface area contributed by atoms with E-state index in [-0.39, 0.29) is 0 Å². The highest BCUT2D eigenvalue weighted by atomic mass is 15.1. The Labute approximate surface area is 298 Å². The standard InChI is InChI=1S/C48H30N4/c1-2-13-29(14-3-1)31-16-12-17-32(27-31)47-49-40-22-9-6-20-36(40)48(50-47)52-41-23-10-7-19-34(41)38-28-39-35-26-25-30-15-4-5-18-33(30)44(35)51-42-24-11-8-21-37(42)43(45(39)51)46(38)52/h1-10,12-23,25-28H,11,24H2. The summed E-state index contributed by atoms with van der Waals surface area (Å²) in [6.45, 7) is 0. The fourth-order valence-corrected chi connectivity index (χ4v) is 9.06. The summed E-state index contributed by atoms with van der Waals surface area (Å²) in [5.41, 5.74) is 11.9. The van der Waals surface area contributed by atoms with Crippen LogP contribution in [0.4, 0.5) is 0 Å². The molecule has 1 aliphatic carbocycles. The minimum Gasteiger partial charge on any atom is -0.311 e. The molecule has 242 valence electrons. The number of para-hydroxylation sites is 2. The van der Waals surface area contributed by atoms with Crippen LogP contribution in [-0.4, -0.2) is 18.9 Å². The van der Waals surface area contributed by atoms with Gasteiger partial charge in [0.25, 0.3) is 0 Å². The Morgan fingerprint density at radius 1 is 0.500 bits per heavy atom. The van der Waals surface area contributed by atoms with Crippen LogP contribution in [0.3, 0.4) is 0 Å². The van der Waals surface area contributed by atoms with Gasteiger partial charge in [0.15, 0.2) is 5.82 Å². The third-order valence-corrected chi connectivity index (χ3v) is 11.3. The predicted octanol–water partition coefficient (Wildman–Crippen LogP) is 12.2. The van der Waals surface area contributed by atoms with Gasteiger partial charge in [-0.05, 0) is 59.7 Å². The molecule has 12 rings (SSSR count). The molecule has 0 atom stereocenters. The highest BCUT2D eigenvalue weighted by Crippen LogP contribution is 2.48. The maximum absolute atomic E-state index is 5.52. The average Bonchev–Trinajstić information content (AvgIpc) is 3.85. The molecule has 0 bridgehead atoms. The second-order valence-electron chi connectivity index (χ2n) is 14.1. The second kappa shape index (κ2) is 10.4. The van der Waals surface area contributed by atoms with E-state index in [9.17, 15) is 0 Å². The molecule has 4 aromatic heterocycles. The summed E-state index contributed by atoms with van der Waals surface area (Å²) in [4.78, 5) is 10.7. The van der Waals surface area contributed by atoms with Crippen molar-refractivity contribution in [1.29, 1.82) is 0 Å². The summed E-state index contributed by atoms with van der Waals surface area (Å²) in [7, 11) is 0. The van der Waals surface area contributed by atoms with Gasteiger partial charge in [0.1, 0.15) is 5.82 Å². The zero-order chi connectivity index (χ0) is 33.9. The van der Waals surface area contributed by atoms with Crippen LogP contribution in [0.15, 0.2) is 152 Å². The predicted molar refractivity (Wildman–Crippen MR) is 217 cm³/mol. The van der Waals surface area contributed by atoms with Gasteiger partial charge >= 0.3 is 0 Å². The van der Waals surface area contributed by atoms with Gasteiger partial charge in [-0.15, -0.1) is 0 Å². The lowest BCUT2D eigenvalue weighted by atomic mass is 9.97. The molecule has 4 nitrogen and oxygen atoms in total. The topological polar surface area (TPSA) is 35.1 Å². The summed E-state index contributed by atoms with van der Waals surface area (Å²) in [5.74, 6) is 1.61. The van der Waals surface area contributed by atoms with Gasteiger partial charge in [-0.2, -0.15) is 0 Å². The number of aromatic nitrogens is 4. The zero-order valence-electron chi connectivity index (χ0n) is 28.2. The van der Waals surface area contributed by atoms with Crippen LogP contribution < -0.4 is 0 Å². The number of hydrogen-bond donors (Lipinski definition) is 0. The van der Waals surface area contributed by atoms with Crippen molar-refractivity contribution in [2.45, 2.75) is 12.8 Å². The normalized spacial score (nSPS) is 13.2. The Bertz CT molecular complexity index is 3290. The molecule has 1 aliphatic rings. The number of fused-ring (bicyclic) bond motifs is 13. The third kappa shape index (κ3) is 3.70. The van der Waals surface area contributed by atoms with Crippen LogP contribution in [0, 0.1) is 0 Å². The largest absolute Gasteiger partial charge is 0.311 e. The Hall–Kier alpha value is -6.78. The summed E-state index contributed by atoms with van der Waals surface area (Å²) in [6.07, 6.45) is 6.76. The van der Waals surface area contributed by atoms with E-state index >= 15 is 0 Å². The number of aryl methyl sites for hydroxylation is 1. The van der Waals surface area contributed by atoms with E-state index in [0.717, 1.165) is 46.2 Å². The lowest BCUT2D eigenvalue weighted by Gasteiger charge is -2.14. The van der Waals surface area contributed by atoms with Crippen molar-refractivity contribution >= 4 is 76.7 Å². The van der Waals surface area contributed by atoms with Crippen molar-refractivity contribution in [2.24, 2.45) is 0 Å². The molecule has 4 heterocycles. The van der Waals surface area contributed by atoms with E-state index in [4.69, 9.17) is 9.97 Å². The third-order valence-electron chi connectivity index (χ3n) is 11.3. The average molecular weight is 663 g/mol. The fourth-order valence-electron chi connectivity index (χ4n) is 9.06. The monoisotopic (exact) mass is 662 g/mol. The SMILES string of the molecule is C1=Cc2c(n3c4c5ccccc5ccc4c4cc5c6ccccc6n(-c6nc(-c7cccc(-c8ccccc8)c7)nc7ccccc67)c5c2c43)CC1. The molecular weight excluding hydrogens is 633 g/mol. The van der Waals surface area contributed by atoms with E-state index < -0.39 is 0 Å². The van der Waals surface area contributed by atoms with Crippen LogP contribution in [0.5, 0.6) is 0 Å². The zero-order valence-corrected chi connectivity index (χ0v) is 28.2. The van der Waals surface area contributed by atoms with Crippen LogP contribution >= 0.6 is 0 Å². The first-order valence-corrected chi connectivity index (χ1v) is 18.1. The lowest BCUT2D eigenvalue weighted by Crippen LogP contribution is -2.03. The lowest BCUT2D eigenvalue weighted by molar-refractivity contribution is 0.926. The molecule has 7 aromatic carbocycles. The minimum atomic E-state index is 0.716. The van der Waals surface area contributed by atoms with E-state index in [1.807, 2.05) is 0 Å². The fraction of sp³-hybridized carbons (Fsp3) is 0.0417. The summed E-state index contributed by atoms with van der Waals surface area (Å²) in [5, 5.41) is 9.97. The van der Waals surface area contributed by atoms with Gasteiger partial charge in [0.2, 0.25) is 0 Å². The van der Waals surface area contributed by atoms with E-state index in [1.165, 1.54) is 71.1 Å². The molecule has 4 heteroatoms. The molecule has 0 amide bonds. The number of hydrogen-bond acceptors (Lipinski definition) is 2. The molecule has 0 N–H and O–H groups in total. The molecule has 0 spiro atoms. The quantitative estimate of drug-likeness (QED) is 0.189. The van der Waals surface area contributed by atoms with E-state index in [0.29, 0.717) is 5.82 Å². The van der Waals surface area contributed by atoms with Crippen molar-refractivity contribution in [1.82, 2.24) is 18.9 Å². The number of nitrogens with zero attached hydrogens (tertiary/aromatic N) is 4. The molecule has 0 fully saturated rings. The first-order chi connectivity index (χ1) is 25.8. The van der Waals surface area contributed by atoms with Gasteiger partial charge in [-0.25, -0.2) is 9.97 Å². The van der Waals surface area contributed by atoms with Gasteiger partial charge in [0.05, 0.1) is 27.6 Å². The molecular formula is C48H30N4. The van der Waals surface area contributed by atoms with Crippen molar-refractivity contribution < 1.29 is 0 Å². The van der Waals surface area contributed by atoms with E-state index in [2.05, 4.69) is 167 Å². The van der Waals surface area contributed by atoms with Gasteiger partial charge in [-0.1, -0.05) is 127 Å². The van der Waals surface area contributed by atoms with Crippen LogP contribution in [0.25, 0.3) is 105 Å². The van der Waals surface area contributed by atoms with E-state index in [1.54, 1.807) is 0 Å². The summed E-state index contributed by atoms with van der Waals surface area (Å²) in [6, 6.07) is 52.3.